The number of hydrogen-bond donors (Lipinski definition) is 1. The fourth-order valence-electron chi connectivity index (χ4n) is 3.60. The maximum Gasteiger partial charge on any atom is 0.251 e. The van der Waals surface area contributed by atoms with Gasteiger partial charge in [-0.05, 0) is 42.0 Å². The van der Waals surface area contributed by atoms with Crippen molar-refractivity contribution < 1.29 is 23.2 Å². The second-order valence-electron chi connectivity index (χ2n) is 7.47. The number of aryl methyl sites for hydroxylation is 1. The Kier molecular flexibility index (Phi) is 7.08. The second kappa shape index (κ2) is 10.3. The van der Waals surface area contributed by atoms with Crippen LogP contribution in [0.5, 0.6) is 5.75 Å². The van der Waals surface area contributed by atoms with Crippen molar-refractivity contribution in [2.75, 3.05) is 32.8 Å². The van der Waals surface area contributed by atoms with Crippen molar-refractivity contribution in [3.63, 3.8) is 0 Å². The second-order valence-corrected chi connectivity index (χ2v) is 7.47. The Morgan fingerprint density at radius 2 is 2.00 bits per heavy atom. The first-order valence-corrected chi connectivity index (χ1v) is 10.5. The van der Waals surface area contributed by atoms with E-state index in [1.165, 1.54) is 12.1 Å². The van der Waals surface area contributed by atoms with E-state index in [2.05, 4.69) is 20.4 Å². The van der Waals surface area contributed by atoms with Gasteiger partial charge in [-0.2, -0.15) is 4.98 Å². The molecule has 1 atom stereocenters. The Hall–Kier alpha value is -3.30. The lowest BCUT2D eigenvalue weighted by Crippen LogP contribution is -2.43. The van der Waals surface area contributed by atoms with E-state index in [-0.39, 0.29) is 24.4 Å². The van der Waals surface area contributed by atoms with Crippen LogP contribution in [0.25, 0.3) is 0 Å². The maximum absolute atomic E-state index is 13.8. The van der Waals surface area contributed by atoms with E-state index in [0.717, 1.165) is 18.7 Å². The predicted molar refractivity (Wildman–Crippen MR) is 114 cm³/mol. The molecule has 0 spiro atoms. The summed E-state index contributed by atoms with van der Waals surface area (Å²) in [6, 6.07) is 13.2. The van der Waals surface area contributed by atoms with E-state index in [1.807, 2.05) is 6.07 Å². The number of halogens is 1. The summed E-state index contributed by atoms with van der Waals surface area (Å²) in [4.78, 5) is 19.0. The molecule has 0 radical (unpaired) electrons. The van der Waals surface area contributed by atoms with Gasteiger partial charge in [0.2, 0.25) is 11.7 Å². The Labute approximate surface area is 185 Å². The third-order valence-corrected chi connectivity index (χ3v) is 5.23. The van der Waals surface area contributed by atoms with E-state index in [4.69, 9.17) is 14.0 Å². The molecule has 1 fully saturated rings. The molecule has 32 heavy (non-hydrogen) atoms. The van der Waals surface area contributed by atoms with Gasteiger partial charge in [0.1, 0.15) is 11.6 Å². The van der Waals surface area contributed by atoms with Crippen LogP contribution >= 0.6 is 0 Å². The molecule has 1 aliphatic heterocycles. The van der Waals surface area contributed by atoms with E-state index in [0.29, 0.717) is 42.8 Å². The van der Waals surface area contributed by atoms with Crippen LogP contribution in [0.2, 0.25) is 0 Å². The van der Waals surface area contributed by atoms with Crippen molar-refractivity contribution in [3.05, 3.63) is 77.2 Å². The molecule has 1 aromatic heterocycles. The summed E-state index contributed by atoms with van der Waals surface area (Å²) in [5, 5.41) is 6.75. The third kappa shape index (κ3) is 5.68. The van der Waals surface area contributed by atoms with Gasteiger partial charge in [-0.25, -0.2) is 4.39 Å². The van der Waals surface area contributed by atoms with Gasteiger partial charge in [-0.1, -0.05) is 17.3 Å². The summed E-state index contributed by atoms with van der Waals surface area (Å²) in [7, 11) is 0. The van der Waals surface area contributed by atoms with Gasteiger partial charge in [0, 0.05) is 32.1 Å². The van der Waals surface area contributed by atoms with Gasteiger partial charge < -0.3 is 19.3 Å². The zero-order valence-corrected chi connectivity index (χ0v) is 17.8. The van der Waals surface area contributed by atoms with Gasteiger partial charge in [-0.3, -0.25) is 9.69 Å². The molecule has 1 unspecified atom stereocenters. The molecule has 0 bridgehead atoms. The molecular formula is C23H25FN4O4. The largest absolute Gasteiger partial charge is 0.485 e. The zero-order chi connectivity index (χ0) is 22.3. The number of carbonyl (C=O) groups is 1. The number of hydrogen-bond acceptors (Lipinski definition) is 7. The van der Waals surface area contributed by atoms with Gasteiger partial charge >= 0.3 is 0 Å². The molecule has 8 nitrogen and oxygen atoms in total. The van der Waals surface area contributed by atoms with Crippen molar-refractivity contribution in [1.29, 1.82) is 0 Å². The van der Waals surface area contributed by atoms with Crippen molar-refractivity contribution in [1.82, 2.24) is 20.4 Å². The molecule has 0 saturated carbocycles. The van der Waals surface area contributed by atoms with Crippen LogP contribution in [0.1, 0.15) is 33.7 Å². The third-order valence-electron chi connectivity index (χ3n) is 5.23. The normalized spacial score (nSPS) is 15.3. The number of nitrogens with zero attached hydrogens (tertiary/aromatic N) is 3. The SMILES string of the molecule is Cc1nc(COc2ccc(C(=O)NCC(c3cccc(F)c3)N3CCOCC3)cc2)no1. The fraction of sp³-hybridized carbons (Fsp3) is 0.348. The van der Waals surface area contributed by atoms with Gasteiger partial charge in [0.05, 0.1) is 19.3 Å². The van der Waals surface area contributed by atoms with E-state index >= 15 is 0 Å². The molecule has 1 aliphatic rings. The molecule has 9 heteroatoms. The van der Waals surface area contributed by atoms with Crippen molar-refractivity contribution in [2.24, 2.45) is 0 Å². The Bertz CT molecular complexity index is 1030. The Morgan fingerprint density at radius 1 is 1.22 bits per heavy atom. The summed E-state index contributed by atoms with van der Waals surface area (Å²) in [5.74, 6) is 1.02. The first-order chi connectivity index (χ1) is 15.6. The molecular weight excluding hydrogens is 415 g/mol. The summed E-state index contributed by atoms with van der Waals surface area (Å²) in [6.07, 6.45) is 0. The standard InChI is InChI=1S/C23H25FN4O4/c1-16-26-22(27-32-16)15-31-20-7-5-17(6-8-20)23(29)25-14-21(28-9-11-30-12-10-28)18-3-2-4-19(24)13-18/h2-8,13,21H,9-12,14-15H2,1H3,(H,25,29). The van der Waals surface area contributed by atoms with Crippen LogP contribution in [0.3, 0.4) is 0 Å². The monoisotopic (exact) mass is 440 g/mol. The topological polar surface area (TPSA) is 89.7 Å². The zero-order valence-electron chi connectivity index (χ0n) is 17.8. The summed E-state index contributed by atoms with van der Waals surface area (Å²) in [6.45, 7) is 4.93. The average molecular weight is 440 g/mol. The van der Waals surface area contributed by atoms with Gasteiger partial charge in [0.25, 0.3) is 5.91 Å². The minimum atomic E-state index is -0.293. The Balaban J connectivity index is 1.36. The molecule has 4 rings (SSSR count). The smallest absolute Gasteiger partial charge is 0.251 e. The van der Waals surface area contributed by atoms with Crippen molar-refractivity contribution in [2.45, 2.75) is 19.6 Å². The van der Waals surface area contributed by atoms with Crippen LogP contribution in [0.15, 0.2) is 53.1 Å². The first kappa shape index (κ1) is 21.9. The van der Waals surface area contributed by atoms with Gasteiger partial charge in [-0.15, -0.1) is 0 Å². The number of ether oxygens (including phenoxy) is 2. The lowest BCUT2D eigenvalue weighted by atomic mass is 10.0. The minimum Gasteiger partial charge on any atom is -0.485 e. The number of morpholine rings is 1. The van der Waals surface area contributed by atoms with Crippen LogP contribution < -0.4 is 10.1 Å². The summed E-state index contributed by atoms with van der Waals surface area (Å²) < 4.78 is 29.8. The fourth-order valence-corrected chi connectivity index (χ4v) is 3.60. The lowest BCUT2D eigenvalue weighted by Gasteiger charge is -2.35. The first-order valence-electron chi connectivity index (χ1n) is 10.5. The molecule has 1 saturated heterocycles. The number of rotatable bonds is 8. The van der Waals surface area contributed by atoms with Gasteiger partial charge in [0.15, 0.2) is 6.61 Å². The Morgan fingerprint density at radius 3 is 2.69 bits per heavy atom. The molecule has 1 amide bonds. The molecule has 168 valence electrons. The minimum absolute atomic E-state index is 0.139. The highest BCUT2D eigenvalue weighted by atomic mass is 19.1. The predicted octanol–water partition coefficient (Wildman–Crippen LogP) is 2.90. The maximum atomic E-state index is 13.8. The number of nitrogens with one attached hydrogen (secondary N) is 1. The molecule has 2 heterocycles. The number of amides is 1. The summed E-state index contributed by atoms with van der Waals surface area (Å²) >= 11 is 0. The number of carbonyl (C=O) groups excluding carboxylic acids is 1. The molecule has 3 aromatic rings. The van der Waals surface area contributed by atoms with Crippen LogP contribution in [0, 0.1) is 12.7 Å². The van der Waals surface area contributed by atoms with Crippen molar-refractivity contribution >= 4 is 5.91 Å². The number of aromatic nitrogens is 2. The molecule has 2 aromatic carbocycles. The average Bonchev–Trinajstić information content (AvgIpc) is 3.24. The van der Waals surface area contributed by atoms with E-state index < -0.39 is 0 Å². The van der Waals surface area contributed by atoms with Crippen LogP contribution in [-0.2, 0) is 11.3 Å². The van der Waals surface area contributed by atoms with Crippen LogP contribution in [-0.4, -0.2) is 53.8 Å². The lowest BCUT2D eigenvalue weighted by molar-refractivity contribution is 0.0162. The highest BCUT2D eigenvalue weighted by molar-refractivity contribution is 5.94. The van der Waals surface area contributed by atoms with Crippen molar-refractivity contribution in [3.8, 4) is 5.75 Å². The molecule has 1 N–H and O–H groups in total. The van der Waals surface area contributed by atoms with Crippen LogP contribution in [0.4, 0.5) is 4.39 Å². The number of benzene rings is 2. The van der Waals surface area contributed by atoms with E-state index in [9.17, 15) is 9.18 Å². The summed E-state index contributed by atoms with van der Waals surface area (Å²) in [5.41, 5.74) is 1.33. The van der Waals surface area contributed by atoms with E-state index in [1.54, 1.807) is 37.3 Å². The highest BCUT2D eigenvalue weighted by Gasteiger charge is 2.23. The molecule has 0 aliphatic carbocycles. The highest BCUT2D eigenvalue weighted by Crippen LogP contribution is 2.22. The quantitative estimate of drug-likeness (QED) is 0.576.